The van der Waals surface area contributed by atoms with Gasteiger partial charge in [-0.2, -0.15) is 0 Å². The lowest BCUT2D eigenvalue weighted by atomic mass is 10.2. The molecule has 2 aromatic carbocycles. The van der Waals surface area contributed by atoms with Gasteiger partial charge in [0.2, 0.25) is 0 Å². The van der Waals surface area contributed by atoms with Crippen LogP contribution in [0.25, 0.3) is 11.0 Å². The minimum absolute atomic E-state index is 0. The molecule has 0 aliphatic carbocycles. The number of aromatic nitrogens is 2. The van der Waals surface area contributed by atoms with Crippen molar-refractivity contribution in [1.82, 2.24) is 15.3 Å². The quantitative estimate of drug-likeness (QED) is 0.738. The van der Waals surface area contributed by atoms with Gasteiger partial charge in [0.1, 0.15) is 5.82 Å². The Morgan fingerprint density at radius 3 is 2.52 bits per heavy atom. The predicted molar refractivity (Wildman–Crippen MR) is 92.6 cm³/mol. The molecule has 112 valence electrons. The second-order valence-corrected chi connectivity index (χ2v) is 4.87. The first kappa shape index (κ1) is 17.8. The van der Waals surface area contributed by atoms with Crippen LogP contribution in [-0.2, 0) is 13.1 Å². The lowest BCUT2D eigenvalue weighted by Crippen LogP contribution is -2.13. The van der Waals surface area contributed by atoms with E-state index in [9.17, 15) is 0 Å². The zero-order valence-corrected chi connectivity index (χ0v) is 13.6. The Bertz CT molecular complexity index is 683. The Labute approximate surface area is 140 Å². The molecule has 3 nitrogen and oxygen atoms in total. The van der Waals surface area contributed by atoms with Gasteiger partial charge in [0, 0.05) is 11.6 Å². The van der Waals surface area contributed by atoms with E-state index >= 15 is 0 Å². The van der Waals surface area contributed by atoms with E-state index in [1.807, 2.05) is 36.4 Å². The first-order chi connectivity index (χ1) is 9.31. The van der Waals surface area contributed by atoms with Crippen molar-refractivity contribution in [3.63, 3.8) is 0 Å². The SMILES string of the molecule is Cl.Cl.Clc1ccc2nc(CNCc3ccccc3)[nH]c2c1. The minimum Gasteiger partial charge on any atom is -0.341 e. The van der Waals surface area contributed by atoms with Crippen molar-refractivity contribution in [2.75, 3.05) is 0 Å². The van der Waals surface area contributed by atoms with E-state index in [1.54, 1.807) is 0 Å². The third-order valence-corrected chi connectivity index (χ3v) is 3.19. The molecule has 3 rings (SSSR count). The molecular formula is C15H16Cl3N3. The summed E-state index contributed by atoms with van der Waals surface area (Å²) in [6.45, 7) is 1.54. The van der Waals surface area contributed by atoms with Crippen molar-refractivity contribution in [1.29, 1.82) is 0 Å². The second kappa shape index (κ2) is 8.25. The highest BCUT2D eigenvalue weighted by Gasteiger charge is 2.02. The summed E-state index contributed by atoms with van der Waals surface area (Å²) >= 11 is 5.95. The highest BCUT2D eigenvalue weighted by molar-refractivity contribution is 6.31. The number of nitrogens with zero attached hydrogens (tertiary/aromatic N) is 1. The number of aromatic amines is 1. The molecule has 0 bridgehead atoms. The highest BCUT2D eigenvalue weighted by atomic mass is 35.5. The molecule has 3 aromatic rings. The normalized spacial score (nSPS) is 9.95. The molecule has 21 heavy (non-hydrogen) atoms. The Morgan fingerprint density at radius 2 is 1.76 bits per heavy atom. The van der Waals surface area contributed by atoms with Gasteiger partial charge in [0.05, 0.1) is 17.6 Å². The molecule has 0 spiro atoms. The molecule has 0 unspecified atom stereocenters. The maximum Gasteiger partial charge on any atom is 0.121 e. The summed E-state index contributed by atoms with van der Waals surface area (Å²) < 4.78 is 0. The summed E-state index contributed by atoms with van der Waals surface area (Å²) in [5.41, 5.74) is 3.19. The number of nitrogens with one attached hydrogen (secondary N) is 2. The number of rotatable bonds is 4. The molecule has 0 atom stereocenters. The van der Waals surface area contributed by atoms with Gasteiger partial charge < -0.3 is 10.3 Å². The van der Waals surface area contributed by atoms with Crippen LogP contribution in [0.2, 0.25) is 5.02 Å². The largest absolute Gasteiger partial charge is 0.341 e. The third-order valence-electron chi connectivity index (χ3n) is 2.96. The molecule has 0 saturated carbocycles. The number of hydrogen-bond donors (Lipinski definition) is 2. The summed E-state index contributed by atoms with van der Waals surface area (Å²) in [5, 5.41) is 4.09. The van der Waals surface area contributed by atoms with Crippen molar-refractivity contribution in [2.24, 2.45) is 0 Å². The predicted octanol–water partition coefficient (Wildman–Crippen LogP) is 4.35. The van der Waals surface area contributed by atoms with Gasteiger partial charge in [0.15, 0.2) is 0 Å². The second-order valence-electron chi connectivity index (χ2n) is 4.43. The van der Waals surface area contributed by atoms with Gasteiger partial charge in [-0.3, -0.25) is 0 Å². The van der Waals surface area contributed by atoms with Crippen molar-refractivity contribution in [2.45, 2.75) is 13.1 Å². The smallest absolute Gasteiger partial charge is 0.121 e. The number of H-pyrrole nitrogens is 1. The van der Waals surface area contributed by atoms with Crippen LogP contribution < -0.4 is 5.32 Å². The van der Waals surface area contributed by atoms with Crippen molar-refractivity contribution >= 4 is 47.4 Å². The van der Waals surface area contributed by atoms with Gasteiger partial charge in [-0.05, 0) is 23.8 Å². The van der Waals surface area contributed by atoms with Crippen LogP contribution in [0.15, 0.2) is 48.5 Å². The van der Waals surface area contributed by atoms with Gasteiger partial charge >= 0.3 is 0 Å². The van der Waals surface area contributed by atoms with E-state index in [2.05, 4.69) is 27.4 Å². The maximum atomic E-state index is 5.95. The van der Waals surface area contributed by atoms with Crippen LogP contribution >= 0.6 is 36.4 Å². The first-order valence-corrected chi connectivity index (χ1v) is 6.58. The van der Waals surface area contributed by atoms with Crippen molar-refractivity contribution in [3.05, 3.63) is 64.9 Å². The maximum absolute atomic E-state index is 5.95. The van der Waals surface area contributed by atoms with E-state index in [0.29, 0.717) is 6.54 Å². The van der Waals surface area contributed by atoms with Crippen LogP contribution in [0.3, 0.4) is 0 Å². The zero-order valence-electron chi connectivity index (χ0n) is 11.2. The van der Waals surface area contributed by atoms with E-state index in [-0.39, 0.29) is 24.8 Å². The molecule has 1 heterocycles. The molecule has 0 saturated heterocycles. The Kier molecular flexibility index (Phi) is 6.99. The molecule has 0 amide bonds. The Morgan fingerprint density at radius 1 is 1.00 bits per heavy atom. The van der Waals surface area contributed by atoms with Crippen LogP contribution in [0.5, 0.6) is 0 Å². The molecule has 0 radical (unpaired) electrons. The monoisotopic (exact) mass is 343 g/mol. The fourth-order valence-corrected chi connectivity index (χ4v) is 2.21. The lowest BCUT2D eigenvalue weighted by molar-refractivity contribution is 0.670. The van der Waals surface area contributed by atoms with Gasteiger partial charge in [0.25, 0.3) is 0 Å². The molecule has 2 N–H and O–H groups in total. The third kappa shape index (κ3) is 4.61. The molecule has 0 aliphatic heterocycles. The molecular weight excluding hydrogens is 329 g/mol. The van der Waals surface area contributed by atoms with Crippen molar-refractivity contribution < 1.29 is 0 Å². The first-order valence-electron chi connectivity index (χ1n) is 6.20. The van der Waals surface area contributed by atoms with Crippen LogP contribution in [0.4, 0.5) is 0 Å². The van der Waals surface area contributed by atoms with E-state index < -0.39 is 0 Å². The lowest BCUT2D eigenvalue weighted by Gasteiger charge is -2.02. The number of fused-ring (bicyclic) bond motifs is 1. The average Bonchev–Trinajstić information content (AvgIpc) is 2.82. The van der Waals surface area contributed by atoms with Crippen LogP contribution in [-0.4, -0.2) is 9.97 Å². The fraction of sp³-hybridized carbons (Fsp3) is 0.133. The number of imidazole rings is 1. The van der Waals surface area contributed by atoms with Crippen molar-refractivity contribution in [3.8, 4) is 0 Å². The average molecular weight is 345 g/mol. The van der Waals surface area contributed by atoms with Gasteiger partial charge in [-0.15, -0.1) is 24.8 Å². The van der Waals surface area contributed by atoms with Gasteiger partial charge in [-0.25, -0.2) is 4.98 Å². The summed E-state index contributed by atoms with van der Waals surface area (Å²) in [4.78, 5) is 7.77. The van der Waals surface area contributed by atoms with Crippen LogP contribution in [0.1, 0.15) is 11.4 Å². The van der Waals surface area contributed by atoms with E-state index in [1.165, 1.54) is 5.56 Å². The fourth-order valence-electron chi connectivity index (χ4n) is 2.04. The zero-order chi connectivity index (χ0) is 13.1. The minimum atomic E-state index is 0. The summed E-state index contributed by atoms with van der Waals surface area (Å²) in [6, 6.07) is 16.0. The highest BCUT2D eigenvalue weighted by Crippen LogP contribution is 2.17. The Balaban J connectivity index is 0.00000110. The van der Waals surface area contributed by atoms with Crippen LogP contribution in [0, 0.1) is 0 Å². The number of benzene rings is 2. The molecule has 6 heteroatoms. The van der Waals surface area contributed by atoms with E-state index in [0.717, 1.165) is 28.4 Å². The summed E-state index contributed by atoms with van der Waals surface area (Å²) in [7, 11) is 0. The molecule has 0 fully saturated rings. The molecule has 1 aromatic heterocycles. The molecule has 0 aliphatic rings. The summed E-state index contributed by atoms with van der Waals surface area (Å²) in [5.74, 6) is 0.924. The number of hydrogen-bond acceptors (Lipinski definition) is 2. The Hall–Kier alpha value is -1.26. The van der Waals surface area contributed by atoms with Gasteiger partial charge in [-0.1, -0.05) is 41.9 Å². The number of halogens is 3. The topological polar surface area (TPSA) is 40.7 Å². The summed E-state index contributed by atoms with van der Waals surface area (Å²) in [6.07, 6.45) is 0. The van der Waals surface area contributed by atoms with E-state index in [4.69, 9.17) is 11.6 Å². The standard InChI is InChI=1S/C15H14ClN3.2ClH/c16-12-6-7-13-14(8-12)19-15(18-13)10-17-9-11-4-2-1-3-5-11;;/h1-8,17H,9-10H2,(H,18,19);2*1H.